The average Bonchev–Trinajstić information content (AvgIpc) is 2.74. The molecule has 1 aliphatic heterocycles. The number of nitriles is 1. The number of nitrogens with two attached hydrogens (primary N) is 1. The van der Waals surface area contributed by atoms with E-state index in [4.69, 9.17) is 14.9 Å². The topological polar surface area (TPSA) is 92.5 Å². The maximum absolute atomic E-state index is 12.9. The summed E-state index contributed by atoms with van der Waals surface area (Å²) in [5.74, 6) is -0.282. The maximum Gasteiger partial charge on any atom is 0.344 e. The third kappa shape index (κ3) is 3.01. The van der Waals surface area contributed by atoms with Crippen molar-refractivity contribution in [2.24, 2.45) is 5.73 Å². The number of fused-ring (bicyclic) bond motifs is 3. The van der Waals surface area contributed by atoms with Crippen molar-refractivity contribution in [2.45, 2.75) is 19.8 Å². The van der Waals surface area contributed by atoms with Gasteiger partial charge in [0.15, 0.2) is 5.75 Å². The Labute approximate surface area is 168 Å². The highest BCUT2D eigenvalue weighted by Crippen LogP contribution is 2.43. The molecule has 2 N–H and O–H groups in total. The van der Waals surface area contributed by atoms with Gasteiger partial charge >= 0.3 is 5.63 Å². The molecule has 2 heterocycles. The van der Waals surface area contributed by atoms with Crippen LogP contribution in [0.15, 0.2) is 69.2 Å². The van der Waals surface area contributed by atoms with Crippen LogP contribution in [0.1, 0.15) is 30.9 Å². The fraction of sp³-hybridized carbons (Fsp3) is 0.217. The number of para-hydroxylation sites is 1. The summed E-state index contributed by atoms with van der Waals surface area (Å²) in [5.41, 5.74) is 8.34. The Morgan fingerprint density at radius 2 is 1.79 bits per heavy atom. The lowest BCUT2D eigenvalue weighted by atomic mass is 9.84. The van der Waals surface area contributed by atoms with Gasteiger partial charge in [0.1, 0.15) is 17.2 Å². The Hall–Kier alpha value is -3.72. The summed E-state index contributed by atoms with van der Waals surface area (Å²) in [5, 5.41) is 10.4. The Balaban J connectivity index is 1.93. The van der Waals surface area contributed by atoms with Crippen LogP contribution in [0.4, 0.5) is 5.69 Å². The minimum Gasteiger partial charge on any atom is -0.439 e. The lowest BCUT2D eigenvalue weighted by Crippen LogP contribution is -2.26. The summed E-state index contributed by atoms with van der Waals surface area (Å²) < 4.78 is 11.3. The molecule has 29 heavy (non-hydrogen) atoms. The second-order valence-electron chi connectivity index (χ2n) is 6.82. The molecule has 0 fully saturated rings. The highest BCUT2D eigenvalue weighted by molar-refractivity contribution is 5.86. The summed E-state index contributed by atoms with van der Waals surface area (Å²) >= 11 is 0. The van der Waals surface area contributed by atoms with Gasteiger partial charge in [-0.1, -0.05) is 24.3 Å². The highest BCUT2D eigenvalue weighted by atomic mass is 16.5. The van der Waals surface area contributed by atoms with Crippen LogP contribution in [-0.4, -0.2) is 13.1 Å². The molecule has 0 bridgehead atoms. The van der Waals surface area contributed by atoms with Crippen molar-refractivity contribution in [3.8, 4) is 11.8 Å². The summed E-state index contributed by atoms with van der Waals surface area (Å²) in [6, 6.07) is 17.1. The monoisotopic (exact) mass is 387 g/mol. The summed E-state index contributed by atoms with van der Waals surface area (Å²) in [4.78, 5) is 15.1. The van der Waals surface area contributed by atoms with E-state index in [9.17, 15) is 10.1 Å². The Kier molecular flexibility index (Phi) is 4.73. The van der Waals surface area contributed by atoms with E-state index >= 15 is 0 Å². The molecule has 0 saturated heterocycles. The number of ether oxygens (including phenoxy) is 1. The van der Waals surface area contributed by atoms with Gasteiger partial charge in [-0.25, -0.2) is 4.79 Å². The van der Waals surface area contributed by atoms with Crippen LogP contribution in [0.3, 0.4) is 0 Å². The largest absolute Gasteiger partial charge is 0.439 e. The molecule has 1 aliphatic rings. The van der Waals surface area contributed by atoms with E-state index in [-0.39, 0.29) is 11.5 Å². The molecule has 0 amide bonds. The van der Waals surface area contributed by atoms with Gasteiger partial charge < -0.3 is 19.8 Å². The molecule has 4 rings (SSSR count). The van der Waals surface area contributed by atoms with E-state index in [1.165, 1.54) is 0 Å². The smallest absolute Gasteiger partial charge is 0.344 e. The number of anilines is 1. The second-order valence-corrected chi connectivity index (χ2v) is 6.82. The van der Waals surface area contributed by atoms with Crippen LogP contribution in [0, 0.1) is 11.3 Å². The molecule has 146 valence electrons. The highest BCUT2D eigenvalue weighted by Gasteiger charge is 2.35. The zero-order valence-corrected chi connectivity index (χ0v) is 16.3. The molecule has 0 aliphatic carbocycles. The Morgan fingerprint density at radius 3 is 2.45 bits per heavy atom. The molecule has 6 nitrogen and oxygen atoms in total. The quantitative estimate of drug-likeness (QED) is 0.684. The first kappa shape index (κ1) is 18.6. The van der Waals surface area contributed by atoms with Gasteiger partial charge in [-0.2, -0.15) is 5.26 Å². The van der Waals surface area contributed by atoms with Crippen LogP contribution in [0.5, 0.6) is 5.75 Å². The zero-order chi connectivity index (χ0) is 20.5. The number of allylic oxidation sites excluding steroid dienone is 1. The molecule has 0 saturated carbocycles. The average molecular weight is 387 g/mol. The first-order valence-corrected chi connectivity index (χ1v) is 9.57. The third-order valence-electron chi connectivity index (χ3n) is 5.33. The fourth-order valence-corrected chi connectivity index (χ4v) is 3.87. The number of nitrogens with zero attached hydrogens (tertiary/aromatic N) is 2. The molecule has 6 heteroatoms. The van der Waals surface area contributed by atoms with Crippen molar-refractivity contribution in [2.75, 3.05) is 18.0 Å². The summed E-state index contributed by atoms with van der Waals surface area (Å²) in [6.07, 6.45) is 0. The van der Waals surface area contributed by atoms with Crippen molar-refractivity contribution < 1.29 is 9.15 Å². The van der Waals surface area contributed by atoms with Crippen LogP contribution < -0.4 is 21.0 Å². The standard InChI is InChI=1S/C23H21N3O3/c1-3-26(4-2)15-11-9-14(10-12-15)19-17(13-24)22(25)29-21-16-7-5-6-8-18(16)28-23(27)20(19)21/h5-12,19H,3-4,25H2,1-2H3. The van der Waals surface area contributed by atoms with Crippen LogP contribution in [0.25, 0.3) is 11.0 Å². The van der Waals surface area contributed by atoms with E-state index in [2.05, 4.69) is 24.8 Å². The van der Waals surface area contributed by atoms with E-state index in [1.807, 2.05) is 36.4 Å². The van der Waals surface area contributed by atoms with Gasteiger partial charge in [0, 0.05) is 18.8 Å². The predicted molar refractivity (Wildman–Crippen MR) is 112 cm³/mol. The molecule has 0 radical (unpaired) electrons. The van der Waals surface area contributed by atoms with Crippen LogP contribution in [0.2, 0.25) is 0 Å². The van der Waals surface area contributed by atoms with E-state index in [1.54, 1.807) is 12.1 Å². The predicted octanol–water partition coefficient (Wildman–Crippen LogP) is 3.86. The summed E-state index contributed by atoms with van der Waals surface area (Å²) in [7, 11) is 0. The molecular formula is C23H21N3O3. The molecule has 3 aromatic rings. The lowest BCUT2D eigenvalue weighted by Gasteiger charge is -2.27. The number of hydrogen-bond donors (Lipinski definition) is 1. The van der Waals surface area contributed by atoms with Crippen LogP contribution >= 0.6 is 0 Å². The zero-order valence-electron chi connectivity index (χ0n) is 16.3. The number of hydrogen-bond acceptors (Lipinski definition) is 6. The normalized spacial score (nSPS) is 15.6. The third-order valence-corrected chi connectivity index (χ3v) is 5.33. The summed E-state index contributed by atoms with van der Waals surface area (Å²) in [6.45, 7) is 5.98. The van der Waals surface area contributed by atoms with Gasteiger partial charge in [-0.3, -0.25) is 0 Å². The van der Waals surface area contributed by atoms with Gasteiger partial charge in [0.2, 0.25) is 5.88 Å². The van der Waals surface area contributed by atoms with Gasteiger partial charge in [-0.05, 0) is 43.7 Å². The van der Waals surface area contributed by atoms with Crippen LogP contribution in [-0.2, 0) is 0 Å². The fourth-order valence-electron chi connectivity index (χ4n) is 3.87. The van der Waals surface area contributed by atoms with E-state index in [0.29, 0.717) is 22.3 Å². The van der Waals surface area contributed by atoms with Crippen molar-refractivity contribution in [1.29, 1.82) is 5.26 Å². The van der Waals surface area contributed by atoms with Crippen molar-refractivity contribution >= 4 is 16.7 Å². The van der Waals surface area contributed by atoms with E-state index < -0.39 is 11.5 Å². The SMILES string of the molecule is CCN(CC)c1ccc(C2C(C#N)=C(N)Oc3c2c(=O)oc2ccccc32)cc1. The van der Waals surface area contributed by atoms with Crippen molar-refractivity contribution in [3.63, 3.8) is 0 Å². The number of rotatable bonds is 4. The van der Waals surface area contributed by atoms with Gasteiger partial charge in [-0.15, -0.1) is 0 Å². The minimum atomic E-state index is -0.643. The van der Waals surface area contributed by atoms with E-state index in [0.717, 1.165) is 24.3 Å². The first-order chi connectivity index (χ1) is 14.1. The Morgan fingerprint density at radius 1 is 1.10 bits per heavy atom. The second kappa shape index (κ2) is 7.36. The van der Waals surface area contributed by atoms with Gasteiger partial charge in [0.25, 0.3) is 0 Å². The molecule has 1 atom stereocenters. The minimum absolute atomic E-state index is 0.00794. The van der Waals surface area contributed by atoms with Crippen molar-refractivity contribution in [1.82, 2.24) is 0 Å². The molecule has 0 spiro atoms. The maximum atomic E-state index is 12.9. The molecule has 2 aromatic carbocycles. The van der Waals surface area contributed by atoms with Gasteiger partial charge in [0.05, 0.1) is 16.9 Å². The number of benzene rings is 2. The lowest BCUT2D eigenvalue weighted by molar-refractivity contribution is 0.388. The molecule has 1 unspecified atom stereocenters. The molecule has 1 aromatic heterocycles. The molecular weight excluding hydrogens is 366 g/mol. The Bertz CT molecular complexity index is 1200. The first-order valence-electron chi connectivity index (χ1n) is 9.57. The van der Waals surface area contributed by atoms with Crippen molar-refractivity contribution in [3.05, 3.63) is 81.5 Å².